The van der Waals surface area contributed by atoms with Gasteiger partial charge in [0.2, 0.25) is 5.91 Å². The van der Waals surface area contributed by atoms with Gasteiger partial charge >= 0.3 is 0 Å². The lowest BCUT2D eigenvalue weighted by Crippen LogP contribution is -2.41. The largest absolute Gasteiger partial charge is 0.497 e. The molecule has 5 N–H and O–H groups in total. The number of rotatable bonds is 8. The Labute approximate surface area is 126 Å². The van der Waals surface area contributed by atoms with Crippen molar-refractivity contribution < 1.29 is 9.53 Å². The molecule has 6 heteroatoms. The van der Waals surface area contributed by atoms with Crippen LogP contribution in [0.5, 0.6) is 5.75 Å². The predicted molar refractivity (Wildman–Crippen MR) is 83.2 cm³/mol. The normalized spacial score (nSPS) is 11.3. The fourth-order valence-corrected chi connectivity index (χ4v) is 1.72. The zero-order valence-corrected chi connectivity index (χ0v) is 12.6. The smallest absolute Gasteiger partial charge is 0.236 e. The Kier molecular flexibility index (Phi) is 9.80. The molecule has 0 aromatic heterocycles. The highest BCUT2D eigenvalue weighted by Crippen LogP contribution is 2.11. The molecular formula is C14H24ClN3O2. The predicted octanol–water partition coefficient (Wildman–Crippen LogP) is 0.842. The summed E-state index contributed by atoms with van der Waals surface area (Å²) in [5.41, 5.74) is 12.3. The Morgan fingerprint density at radius 3 is 2.55 bits per heavy atom. The van der Waals surface area contributed by atoms with Crippen molar-refractivity contribution in [1.29, 1.82) is 0 Å². The van der Waals surface area contributed by atoms with Crippen LogP contribution < -0.4 is 21.5 Å². The van der Waals surface area contributed by atoms with Gasteiger partial charge < -0.3 is 21.5 Å². The second-order valence-corrected chi connectivity index (χ2v) is 4.43. The molecule has 0 aliphatic carbocycles. The van der Waals surface area contributed by atoms with Crippen molar-refractivity contribution >= 4 is 18.3 Å². The number of benzene rings is 1. The summed E-state index contributed by atoms with van der Waals surface area (Å²) in [7, 11) is 1.64. The van der Waals surface area contributed by atoms with Crippen LogP contribution in [0.3, 0.4) is 0 Å². The number of nitrogens with one attached hydrogen (secondary N) is 1. The lowest BCUT2D eigenvalue weighted by molar-refractivity contribution is -0.122. The molecule has 1 atom stereocenters. The van der Waals surface area contributed by atoms with Crippen molar-refractivity contribution in [2.75, 3.05) is 20.2 Å². The SMILES string of the molecule is COc1ccc(CCNC(=O)[C@@H](N)CCCN)cc1.Cl. The van der Waals surface area contributed by atoms with E-state index in [2.05, 4.69) is 5.32 Å². The van der Waals surface area contributed by atoms with Crippen LogP contribution in [0.25, 0.3) is 0 Å². The summed E-state index contributed by atoms with van der Waals surface area (Å²) in [6.45, 7) is 1.15. The zero-order valence-electron chi connectivity index (χ0n) is 11.8. The Balaban J connectivity index is 0.00000361. The van der Waals surface area contributed by atoms with E-state index in [1.54, 1.807) is 7.11 Å². The molecule has 0 aliphatic rings. The number of ether oxygens (including phenoxy) is 1. The summed E-state index contributed by atoms with van der Waals surface area (Å²) >= 11 is 0. The van der Waals surface area contributed by atoms with E-state index >= 15 is 0 Å². The van der Waals surface area contributed by atoms with Gasteiger partial charge in [-0.3, -0.25) is 4.79 Å². The van der Waals surface area contributed by atoms with Gasteiger partial charge in [0.05, 0.1) is 13.2 Å². The number of halogens is 1. The van der Waals surface area contributed by atoms with Gasteiger partial charge in [-0.1, -0.05) is 12.1 Å². The quantitative estimate of drug-likeness (QED) is 0.664. The maximum atomic E-state index is 11.6. The van der Waals surface area contributed by atoms with E-state index in [1.165, 1.54) is 0 Å². The molecular weight excluding hydrogens is 278 g/mol. The summed E-state index contributed by atoms with van der Waals surface area (Å²) < 4.78 is 5.08. The first-order valence-corrected chi connectivity index (χ1v) is 6.53. The van der Waals surface area contributed by atoms with Crippen molar-refractivity contribution in [3.63, 3.8) is 0 Å². The Morgan fingerprint density at radius 2 is 2.00 bits per heavy atom. The summed E-state index contributed by atoms with van der Waals surface area (Å²) in [6.07, 6.45) is 2.18. The van der Waals surface area contributed by atoms with Crippen LogP contribution >= 0.6 is 12.4 Å². The third-order valence-corrected chi connectivity index (χ3v) is 2.93. The second-order valence-electron chi connectivity index (χ2n) is 4.43. The van der Waals surface area contributed by atoms with Crippen LogP contribution in [0.15, 0.2) is 24.3 Å². The highest BCUT2D eigenvalue weighted by molar-refractivity contribution is 5.85. The van der Waals surface area contributed by atoms with Gasteiger partial charge in [-0.15, -0.1) is 12.4 Å². The summed E-state index contributed by atoms with van der Waals surface area (Å²) in [6, 6.07) is 7.33. The first-order valence-electron chi connectivity index (χ1n) is 6.53. The zero-order chi connectivity index (χ0) is 14.1. The maximum absolute atomic E-state index is 11.6. The number of methoxy groups -OCH3 is 1. The molecule has 5 nitrogen and oxygen atoms in total. The summed E-state index contributed by atoms with van der Waals surface area (Å²) in [4.78, 5) is 11.6. The van der Waals surface area contributed by atoms with Crippen molar-refractivity contribution in [2.24, 2.45) is 11.5 Å². The summed E-state index contributed by atoms with van der Waals surface area (Å²) in [5.74, 6) is 0.721. The molecule has 0 spiro atoms. The van der Waals surface area contributed by atoms with E-state index in [-0.39, 0.29) is 18.3 Å². The average molecular weight is 302 g/mol. The molecule has 0 heterocycles. The van der Waals surface area contributed by atoms with Gasteiger partial charge in [0.15, 0.2) is 0 Å². The summed E-state index contributed by atoms with van der Waals surface area (Å²) in [5, 5.41) is 2.83. The van der Waals surface area contributed by atoms with Gasteiger partial charge in [0.25, 0.3) is 0 Å². The first kappa shape index (κ1) is 18.7. The third-order valence-electron chi connectivity index (χ3n) is 2.93. The van der Waals surface area contributed by atoms with E-state index < -0.39 is 6.04 Å². The molecule has 0 unspecified atom stereocenters. The van der Waals surface area contributed by atoms with E-state index in [4.69, 9.17) is 16.2 Å². The molecule has 20 heavy (non-hydrogen) atoms. The minimum atomic E-state index is -0.459. The van der Waals surface area contributed by atoms with E-state index in [9.17, 15) is 4.79 Å². The molecule has 114 valence electrons. The molecule has 1 amide bonds. The highest BCUT2D eigenvalue weighted by atomic mass is 35.5. The Morgan fingerprint density at radius 1 is 1.35 bits per heavy atom. The van der Waals surface area contributed by atoms with Gasteiger partial charge in [-0.25, -0.2) is 0 Å². The maximum Gasteiger partial charge on any atom is 0.236 e. The minimum absolute atomic E-state index is 0. The van der Waals surface area contributed by atoms with Crippen LogP contribution in [-0.4, -0.2) is 32.1 Å². The van der Waals surface area contributed by atoms with Gasteiger partial charge in [-0.2, -0.15) is 0 Å². The molecule has 0 bridgehead atoms. The molecule has 1 aromatic carbocycles. The number of carbonyl (C=O) groups is 1. The number of nitrogens with two attached hydrogens (primary N) is 2. The minimum Gasteiger partial charge on any atom is -0.497 e. The average Bonchev–Trinajstić information content (AvgIpc) is 2.45. The van der Waals surface area contributed by atoms with Gasteiger partial charge in [0.1, 0.15) is 5.75 Å². The monoisotopic (exact) mass is 301 g/mol. The molecule has 0 aliphatic heterocycles. The van der Waals surface area contributed by atoms with E-state index in [0.717, 1.165) is 24.2 Å². The Bertz CT molecular complexity index is 385. The van der Waals surface area contributed by atoms with E-state index in [0.29, 0.717) is 19.5 Å². The fraction of sp³-hybridized carbons (Fsp3) is 0.500. The van der Waals surface area contributed by atoms with Crippen molar-refractivity contribution in [3.8, 4) is 5.75 Å². The third kappa shape index (κ3) is 6.75. The number of hydrogen-bond acceptors (Lipinski definition) is 4. The van der Waals surface area contributed by atoms with E-state index in [1.807, 2.05) is 24.3 Å². The van der Waals surface area contributed by atoms with Crippen LogP contribution in [0.2, 0.25) is 0 Å². The van der Waals surface area contributed by atoms with Crippen LogP contribution in [-0.2, 0) is 11.2 Å². The van der Waals surface area contributed by atoms with Crippen LogP contribution in [0.4, 0.5) is 0 Å². The first-order chi connectivity index (χ1) is 9.17. The molecule has 1 aromatic rings. The topological polar surface area (TPSA) is 90.4 Å². The fourth-order valence-electron chi connectivity index (χ4n) is 1.72. The standard InChI is InChI=1S/C14H23N3O2.ClH/c1-19-12-6-4-11(5-7-12)8-10-17-14(18)13(16)3-2-9-15;/h4-7,13H,2-3,8-10,15-16H2,1H3,(H,17,18);1H/t13-;/m0./s1. The van der Waals surface area contributed by atoms with Crippen LogP contribution in [0, 0.1) is 0 Å². The van der Waals surface area contributed by atoms with Crippen molar-refractivity contribution in [1.82, 2.24) is 5.32 Å². The number of amides is 1. The molecule has 1 rings (SSSR count). The molecule has 0 saturated carbocycles. The number of hydrogen-bond donors (Lipinski definition) is 3. The molecule has 0 saturated heterocycles. The van der Waals surface area contributed by atoms with Gasteiger partial charge in [0, 0.05) is 6.54 Å². The highest BCUT2D eigenvalue weighted by Gasteiger charge is 2.11. The number of carbonyl (C=O) groups excluding carboxylic acids is 1. The van der Waals surface area contributed by atoms with Crippen molar-refractivity contribution in [3.05, 3.63) is 29.8 Å². The van der Waals surface area contributed by atoms with Gasteiger partial charge in [-0.05, 0) is 43.5 Å². The second kappa shape index (κ2) is 10.5. The molecule has 0 radical (unpaired) electrons. The van der Waals surface area contributed by atoms with Crippen molar-refractivity contribution in [2.45, 2.75) is 25.3 Å². The molecule has 0 fully saturated rings. The van der Waals surface area contributed by atoms with Crippen LogP contribution in [0.1, 0.15) is 18.4 Å². The lowest BCUT2D eigenvalue weighted by Gasteiger charge is -2.11. The lowest BCUT2D eigenvalue weighted by atomic mass is 10.1. The Hall–Kier alpha value is -1.30.